The normalized spacial score (nSPS) is 20.4. The third kappa shape index (κ3) is 6.60. The lowest BCUT2D eigenvalue weighted by atomic mass is 9.76. The van der Waals surface area contributed by atoms with Gasteiger partial charge in [-0.2, -0.15) is 0 Å². The van der Waals surface area contributed by atoms with Crippen molar-refractivity contribution in [3.8, 4) is 0 Å². The summed E-state index contributed by atoms with van der Waals surface area (Å²) in [5.41, 5.74) is 0.976. The lowest BCUT2D eigenvalue weighted by Gasteiger charge is -2.35. The van der Waals surface area contributed by atoms with Crippen molar-refractivity contribution in [2.45, 2.75) is 64.7 Å². The molecular formula is C22H36O7P2. The molecule has 0 spiro atoms. The summed E-state index contributed by atoms with van der Waals surface area (Å²) in [5, 5.41) is -1.15. The molecular weight excluding hydrogens is 438 g/mol. The molecule has 0 amide bonds. The van der Waals surface area contributed by atoms with Gasteiger partial charge in [0.15, 0.2) is 5.40 Å². The number of hydrogen-bond acceptors (Lipinski definition) is 7. The highest BCUT2D eigenvalue weighted by Crippen LogP contribution is 2.72. The highest BCUT2D eigenvalue weighted by molar-refractivity contribution is 7.72. The van der Waals surface area contributed by atoms with E-state index in [1.54, 1.807) is 27.7 Å². The second-order valence-corrected chi connectivity index (χ2v) is 12.3. The van der Waals surface area contributed by atoms with E-state index in [0.717, 1.165) is 18.4 Å². The molecule has 1 aromatic carbocycles. The second kappa shape index (κ2) is 12.4. The second-order valence-electron chi connectivity index (χ2n) is 7.46. The molecule has 1 aromatic rings. The molecule has 31 heavy (non-hydrogen) atoms. The Morgan fingerprint density at radius 1 is 0.839 bits per heavy atom. The van der Waals surface area contributed by atoms with E-state index >= 15 is 0 Å². The van der Waals surface area contributed by atoms with Gasteiger partial charge in [0, 0.05) is 11.8 Å². The standard InChI is InChI=1S/C22H36O7P2/c1-5-26-30(24,27-6-2)21(31(25,28-7-3)29-8-4)17-19-15-12-16-20(22(19)23)18-13-10-9-11-14-18/h9-11,13-14,19-21H,5-8,12,15-17H2,1-4H3. The van der Waals surface area contributed by atoms with Gasteiger partial charge >= 0.3 is 15.2 Å². The molecule has 2 atom stereocenters. The van der Waals surface area contributed by atoms with Crippen LogP contribution in [0.2, 0.25) is 0 Å². The summed E-state index contributed by atoms with van der Waals surface area (Å²) in [6.07, 6.45) is 2.34. The van der Waals surface area contributed by atoms with Gasteiger partial charge in [0.2, 0.25) is 0 Å². The van der Waals surface area contributed by atoms with Crippen LogP contribution in [0, 0.1) is 5.92 Å². The minimum absolute atomic E-state index is 0.0709. The molecule has 0 radical (unpaired) electrons. The van der Waals surface area contributed by atoms with Crippen LogP contribution in [0.5, 0.6) is 0 Å². The van der Waals surface area contributed by atoms with Gasteiger partial charge in [0.05, 0.1) is 26.4 Å². The van der Waals surface area contributed by atoms with E-state index in [2.05, 4.69) is 0 Å². The average Bonchev–Trinajstić information content (AvgIpc) is 2.74. The van der Waals surface area contributed by atoms with Crippen molar-refractivity contribution in [1.29, 1.82) is 0 Å². The van der Waals surface area contributed by atoms with E-state index in [9.17, 15) is 13.9 Å². The molecule has 7 nitrogen and oxygen atoms in total. The van der Waals surface area contributed by atoms with E-state index in [1.807, 2.05) is 30.3 Å². The Kier molecular flexibility index (Phi) is 10.6. The summed E-state index contributed by atoms with van der Waals surface area (Å²) in [4.78, 5) is 13.4. The number of rotatable bonds is 13. The molecule has 0 saturated heterocycles. The Hall–Kier alpha value is -0.810. The first-order chi connectivity index (χ1) is 14.8. The maximum absolute atomic E-state index is 13.8. The summed E-state index contributed by atoms with van der Waals surface area (Å²) >= 11 is 0. The van der Waals surface area contributed by atoms with Gasteiger partial charge in [-0.15, -0.1) is 0 Å². The molecule has 0 N–H and O–H groups in total. The maximum Gasteiger partial charge on any atom is 0.345 e. The number of Topliss-reactive ketones (excluding diaryl/α,β-unsaturated/α-hetero) is 1. The van der Waals surface area contributed by atoms with Gasteiger partial charge in [-0.1, -0.05) is 36.8 Å². The predicted octanol–water partition coefficient (Wildman–Crippen LogP) is 6.39. The topological polar surface area (TPSA) is 88.1 Å². The fraction of sp³-hybridized carbons (Fsp3) is 0.682. The number of carbonyl (C=O) groups excluding carboxylic acids is 1. The van der Waals surface area contributed by atoms with Crippen LogP contribution in [0.3, 0.4) is 0 Å². The van der Waals surface area contributed by atoms with Gasteiger partial charge in [-0.05, 0) is 52.5 Å². The molecule has 1 aliphatic rings. The molecule has 2 unspecified atom stereocenters. The smallest absolute Gasteiger partial charge is 0.308 e. The maximum atomic E-state index is 13.8. The third-order valence-corrected chi connectivity index (χ3v) is 11.5. The van der Waals surface area contributed by atoms with E-state index < -0.39 is 26.5 Å². The van der Waals surface area contributed by atoms with Crippen molar-refractivity contribution in [2.24, 2.45) is 5.92 Å². The predicted molar refractivity (Wildman–Crippen MR) is 122 cm³/mol. The molecule has 1 fully saturated rings. The molecule has 0 aromatic heterocycles. The van der Waals surface area contributed by atoms with Crippen LogP contribution in [-0.4, -0.2) is 37.6 Å². The fourth-order valence-electron chi connectivity index (χ4n) is 4.21. The lowest BCUT2D eigenvalue weighted by molar-refractivity contribution is -0.126. The van der Waals surface area contributed by atoms with Crippen LogP contribution in [0.1, 0.15) is 64.9 Å². The van der Waals surface area contributed by atoms with E-state index in [0.29, 0.717) is 6.42 Å². The van der Waals surface area contributed by atoms with Gasteiger partial charge in [-0.25, -0.2) is 0 Å². The molecule has 1 aliphatic carbocycles. The largest absolute Gasteiger partial charge is 0.345 e. The first-order valence-corrected chi connectivity index (χ1v) is 14.4. The lowest BCUT2D eigenvalue weighted by Crippen LogP contribution is -2.31. The van der Waals surface area contributed by atoms with E-state index in [1.165, 1.54) is 0 Å². The van der Waals surface area contributed by atoms with Crippen LogP contribution in [0.15, 0.2) is 30.3 Å². The summed E-state index contributed by atoms with van der Waals surface area (Å²) in [5.74, 6) is -0.577. The Morgan fingerprint density at radius 3 is 1.77 bits per heavy atom. The highest BCUT2D eigenvalue weighted by atomic mass is 31.2. The van der Waals surface area contributed by atoms with E-state index in [-0.39, 0.29) is 44.5 Å². The van der Waals surface area contributed by atoms with Crippen molar-refractivity contribution in [3.05, 3.63) is 35.9 Å². The number of ketones is 1. The Labute approximate surface area is 186 Å². The van der Waals surface area contributed by atoms with Crippen molar-refractivity contribution < 1.29 is 32.0 Å². The highest BCUT2D eigenvalue weighted by Gasteiger charge is 2.52. The third-order valence-electron chi connectivity index (χ3n) is 5.45. The van der Waals surface area contributed by atoms with Crippen LogP contribution in [0.25, 0.3) is 0 Å². The SMILES string of the molecule is CCOP(=O)(OCC)C(CC1CCCC(c2ccccc2)C1=O)P(=O)(OCC)OCC. The number of carbonyl (C=O) groups is 1. The quantitative estimate of drug-likeness (QED) is 0.306. The molecule has 0 aliphatic heterocycles. The van der Waals surface area contributed by atoms with Gasteiger partial charge < -0.3 is 18.1 Å². The first-order valence-electron chi connectivity index (χ1n) is 11.2. The molecule has 9 heteroatoms. The van der Waals surface area contributed by atoms with Crippen LogP contribution in [0.4, 0.5) is 0 Å². The summed E-state index contributed by atoms with van der Waals surface area (Å²) in [6, 6.07) is 9.68. The minimum atomic E-state index is -3.86. The Morgan fingerprint density at radius 2 is 1.32 bits per heavy atom. The van der Waals surface area contributed by atoms with Crippen LogP contribution < -0.4 is 0 Å². The zero-order valence-electron chi connectivity index (χ0n) is 19.0. The van der Waals surface area contributed by atoms with Crippen LogP contribution in [-0.2, 0) is 32.0 Å². The van der Waals surface area contributed by atoms with Crippen molar-refractivity contribution in [3.63, 3.8) is 0 Å². The molecule has 0 bridgehead atoms. The Bertz CT molecular complexity index is 733. The average molecular weight is 474 g/mol. The Balaban J connectivity index is 2.40. The molecule has 0 heterocycles. The summed E-state index contributed by atoms with van der Waals surface area (Å²) < 4.78 is 49.7. The fourth-order valence-corrected chi connectivity index (χ4v) is 9.70. The van der Waals surface area contributed by atoms with Gasteiger partial charge in [0.25, 0.3) is 0 Å². The minimum Gasteiger partial charge on any atom is -0.308 e. The summed E-state index contributed by atoms with van der Waals surface area (Å²) in [6.45, 7) is 7.29. The van der Waals surface area contributed by atoms with Crippen molar-refractivity contribution >= 4 is 21.0 Å². The van der Waals surface area contributed by atoms with Gasteiger partial charge in [-0.3, -0.25) is 13.9 Å². The van der Waals surface area contributed by atoms with Crippen molar-refractivity contribution in [1.82, 2.24) is 0 Å². The van der Waals surface area contributed by atoms with Crippen LogP contribution >= 0.6 is 15.2 Å². The number of hydrogen-bond donors (Lipinski definition) is 0. The molecule has 176 valence electrons. The van der Waals surface area contributed by atoms with Gasteiger partial charge in [0.1, 0.15) is 5.78 Å². The number of benzene rings is 1. The van der Waals surface area contributed by atoms with E-state index in [4.69, 9.17) is 18.1 Å². The monoisotopic (exact) mass is 474 g/mol. The first kappa shape index (κ1) is 26.4. The molecule has 1 saturated carbocycles. The zero-order valence-corrected chi connectivity index (χ0v) is 20.8. The zero-order chi connectivity index (χ0) is 22.9. The molecule has 2 rings (SSSR count). The van der Waals surface area contributed by atoms with Crippen molar-refractivity contribution in [2.75, 3.05) is 26.4 Å². The summed E-state index contributed by atoms with van der Waals surface area (Å²) in [7, 11) is -7.72.